The SMILES string of the molecule is CC1C=C(c2ccccc2)CCN1C(=O)CCCc1c[nH]c2ccccc12. The number of rotatable bonds is 5. The normalized spacial score (nSPS) is 17.1. The fourth-order valence-electron chi connectivity index (χ4n) is 4.07. The third-order valence-corrected chi connectivity index (χ3v) is 5.53. The van der Waals surface area contributed by atoms with Crippen molar-refractivity contribution in [3.05, 3.63) is 78.0 Å². The summed E-state index contributed by atoms with van der Waals surface area (Å²) in [4.78, 5) is 18.1. The van der Waals surface area contributed by atoms with Crippen molar-refractivity contribution in [2.45, 2.75) is 38.6 Å². The average Bonchev–Trinajstić information content (AvgIpc) is 3.12. The first-order chi connectivity index (χ1) is 13.2. The first-order valence-electron chi connectivity index (χ1n) is 9.83. The molecule has 1 aliphatic rings. The van der Waals surface area contributed by atoms with E-state index < -0.39 is 0 Å². The zero-order chi connectivity index (χ0) is 18.6. The van der Waals surface area contributed by atoms with E-state index >= 15 is 0 Å². The van der Waals surface area contributed by atoms with Gasteiger partial charge in [-0.2, -0.15) is 0 Å². The number of aromatic amines is 1. The molecule has 2 aromatic carbocycles. The van der Waals surface area contributed by atoms with Crippen molar-refractivity contribution in [1.82, 2.24) is 9.88 Å². The maximum Gasteiger partial charge on any atom is 0.223 e. The molecule has 3 aromatic rings. The van der Waals surface area contributed by atoms with Gasteiger partial charge >= 0.3 is 0 Å². The Morgan fingerprint density at radius 1 is 1.11 bits per heavy atom. The van der Waals surface area contributed by atoms with Gasteiger partial charge < -0.3 is 9.88 Å². The molecule has 138 valence electrons. The van der Waals surface area contributed by atoms with E-state index in [9.17, 15) is 4.79 Å². The number of nitrogens with one attached hydrogen (secondary N) is 1. The van der Waals surface area contributed by atoms with Gasteiger partial charge in [0.05, 0.1) is 0 Å². The molecule has 1 atom stereocenters. The summed E-state index contributed by atoms with van der Waals surface area (Å²) in [5.74, 6) is 0.269. The Balaban J connectivity index is 1.34. The topological polar surface area (TPSA) is 36.1 Å². The number of carbonyl (C=O) groups is 1. The van der Waals surface area contributed by atoms with E-state index in [1.165, 1.54) is 27.6 Å². The highest BCUT2D eigenvalue weighted by Gasteiger charge is 2.23. The van der Waals surface area contributed by atoms with Crippen LogP contribution in [-0.2, 0) is 11.2 Å². The largest absolute Gasteiger partial charge is 0.361 e. The van der Waals surface area contributed by atoms with Crippen LogP contribution >= 0.6 is 0 Å². The number of aromatic nitrogens is 1. The Bertz CT molecular complexity index is 955. The standard InChI is InChI=1S/C24H26N2O/c1-18-16-20(19-8-3-2-4-9-19)14-15-26(18)24(27)13-7-10-21-17-25-23-12-6-5-11-22(21)23/h2-6,8-9,11-12,16-18,25H,7,10,13-15H2,1H3. The van der Waals surface area contributed by atoms with Crippen LogP contribution < -0.4 is 0 Å². The van der Waals surface area contributed by atoms with Crippen molar-refractivity contribution in [3.8, 4) is 0 Å². The maximum absolute atomic E-state index is 12.7. The molecular formula is C24H26N2O. The molecule has 0 aliphatic carbocycles. The second-order valence-corrected chi connectivity index (χ2v) is 7.35. The molecule has 1 amide bonds. The summed E-state index contributed by atoms with van der Waals surface area (Å²) in [6.07, 6.45) is 7.69. The first-order valence-corrected chi connectivity index (χ1v) is 9.83. The number of para-hydroxylation sites is 1. The lowest BCUT2D eigenvalue weighted by molar-refractivity contribution is -0.132. The van der Waals surface area contributed by atoms with Crippen LogP contribution in [0.15, 0.2) is 66.9 Å². The number of aryl methyl sites for hydroxylation is 1. The van der Waals surface area contributed by atoms with Gasteiger partial charge in [-0.1, -0.05) is 54.6 Å². The number of hydrogen-bond acceptors (Lipinski definition) is 1. The quantitative estimate of drug-likeness (QED) is 0.669. The fraction of sp³-hybridized carbons (Fsp3) is 0.292. The summed E-state index contributed by atoms with van der Waals surface area (Å²) in [6, 6.07) is 19.0. The minimum Gasteiger partial charge on any atom is -0.361 e. The molecule has 1 N–H and O–H groups in total. The number of benzene rings is 2. The monoisotopic (exact) mass is 358 g/mol. The maximum atomic E-state index is 12.7. The van der Waals surface area contributed by atoms with Crippen LogP contribution in [0.4, 0.5) is 0 Å². The van der Waals surface area contributed by atoms with Gasteiger partial charge in [0.15, 0.2) is 0 Å². The van der Waals surface area contributed by atoms with Crippen molar-refractivity contribution >= 4 is 22.4 Å². The molecule has 4 rings (SSSR count). The van der Waals surface area contributed by atoms with Crippen LogP contribution in [-0.4, -0.2) is 28.4 Å². The van der Waals surface area contributed by atoms with Crippen LogP contribution in [0.3, 0.4) is 0 Å². The van der Waals surface area contributed by atoms with Crippen LogP contribution in [0, 0.1) is 0 Å². The number of hydrogen-bond donors (Lipinski definition) is 1. The van der Waals surface area contributed by atoms with Gasteiger partial charge in [-0.25, -0.2) is 0 Å². The van der Waals surface area contributed by atoms with Crippen molar-refractivity contribution in [2.24, 2.45) is 0 Å². The van der Waals surface area contributed by atoms with Gasteiger partial charge in [0.25, 0.3) is 0 Å². The predicted octanol–water partition coefficient (Wildman–Crippen LogP) is 5.20. The van der Waals surface area contributed by atoms with Crippen molar-refractivity contribution in [2.75, 3.05) is 6.54 Å². The molecule has 27 heavy (non-hydrogen) atoms. The van der Waals surface area contributed by atoms with E-state index in [-0.39, 0.29) is 11.9 Å². The highest BCUT2D eigenvalue weighted by molar-refractivity contribution is 5.83. The Labute approximate surface area is 160 Å². The van der Waals surface area contributed by atoms with Gasteiger partial charge in [0, 0.05) is 36.1 Å². The number of amides is 1. The predicted molar refractivity (Wildman–Crippen MR) is 111 cm³/mol. The van der Waals surface area contributed by atoms with Crippen molar-refractivity contribution in [1.29, 1.82) is 0 Å². The molecule has 0 saturated heterocycles. The van der Waals surface area contributed by atoms with Crippen LogP contribution in [0.2, 0.25) is 0 Å². The summed E-state index contributed by atoms with van der Waals surface area (Å²) in [5.41, 5.74) is 5.10. The van der Waals surface area contributed by atoms with Gasteiger partial charge in [-0.15, -0.1) is 0 Å². The summed E-state index contributed by atoms with van der Waals surface area (Å²) in [7, 11) is 0. The second kappa shape index (κ2) is 7.83. The van der Waals surface area contributed by atoms with E-state index in [2.05, 4.69) is 66.6 Å². The first kappa shape index (κ1) is 17.6. The summed E-state index contributed by atoms with van der Waals surface area (Å²) < 4.78 is 0. The van der Waals surface area contributed by atoms with Gasteiger partial charge in [0.1, 0.15) is 0 Å². The Kier molecular flexibility index (Phi) is 5.10. The van der Waals surface area contributed by atoms with E-state index in [4.69, 9.17) is 0 Å². The molecule has 0 radical (unpaired) electrons. The Morgan fingerprint density at radius 2 is 1.89 bits per heavy atom. The number of carbonyl (C=O) groups excluding carboxylic acids is 1. The molecule has 1 unspecified atom stereocenters. The summed E-state index contributed by atoms with van der Waals surface area (Å²) in [6.45, 7) is 2.94. The van der Waals surface area contributed by atoms with Gasteiger partial charge in [-0.05, 0) is 49.0 Å². The van der Waals surface area contributed by atoms with E-state index in [1.807, 2.05) is 17.0 Å². The average molecular weight is 358 g/mol. The Hall–Kier alpha value is -2.81. The molecule has 0 spiro atoms. The lowest BCUT2D eigenvalue weighted by Crippen LogP contribution is -2.40. The van der Waals surface area contributed by atoms with Crippen molar-refractivity contribution in [3.63, 3.8) is 0 Å². The van der Waals surface area contributed by atoms with Crippen LogP contribution in [0.1, 0.15) is 37.3 Å². The lowest BCUT2D eigenvalue weighted by Gasteiger charge is -2.32. The summed E-state index contributed by atoms with van der Waals surface area (Å²) in [5, 5.41) is 1.27. The van der Waals surface area contributed by atoms with Gasteiger partial charge in [0.2, 0.25) is 5.91 Å². The highest BCUT2D eigenvalue weighted by Crippen LogP contribution is 2.26. The van der Waals surface area contributed by atoms with Gasteiger partial charge in [-0.3, -0.25) is 4.79 Å². The molecule has 2 heterocycles. The van der Waals surface area contributed by atoms with E-state index in [0.717, 1.165) is 25.8 Å². The smallest absolute Gasteiger partial charge is 0.223 e. The van der Waals surface area contributed by atoms with E-state index in [0.29, 0.717) is 6.42 Å². The summed E-state index contributed by atoms with van der Waals surface area (Å²) >= 11 is 0. The molecule has 0 fully saturated rings. The molecule has 3 nitrogen and oxygen atoms in total. The van der Waals surface area contributed by atoms with Crippen LogP contribution in [0.5, 0.6) is 0 Å². The minimum absolute atomic E-state index is 0.162. The molecule has 1 aromatic heterocycles. The number of H-pyrrole nitrogens is 1. The van der Waals surface area contributed by atoms with Crippen LogP contribution in [0.25, 0.3) is 16.5 Å². The molecule has 1 aliphatic heterocycles. The molecule has 0 saturated carbocycles. The molecule has 3 heteroatoms. The molecule has 0 bridgehead atoms. The third-order valence-electron chi connectivity index (χ3n) is 5.53. The zero-order valence-corrected chi connectivity index (χ0v) is 15.8. The fourth-order valence-corrected chi connectivity index (χ4v) is 4.07. The minimum atomic E-state index is 0.162. The second-order valence-electron chi connectivity index (χ2n) is 7.35. The molecular weight excluding hydrogens is 332 g/mol. The van der Waals surface area contributed by atoms with Crippen molar-refractivity contribution < 1.29 is 4.79 Å². The lowest BCUT2D eigenvalue weighted by atomic mass is 9.96. The highest BCUT2D eigenvalue weighted by atomic mass is 16.2. The Morgan fingerprint density at radius 3 is 2.70 bits per heavy atom. The third kappa shape index (κ3) is 3.82. The number of nitrogens with zero attached hydrogens (tertiary/aromatic N) is 1. The zero-order valence-electron chi connectivity index (χ0n) is 15.8. The van der Waals surface area contributed by atoms with E-state index in [1.54, 1.807) is 0 Å². The number of fused-ring (bicyclic) bond motifs is 1.